The van der Waals surface area contributed by atoms with E-state index in [1.807, 2.05) is 31.4 Å². The van der Waals surface area contributed by atoms with Gasteiger partial charge in [0, 0.05) is 20.9 Å². The van der Waals surface area contributed by atoms with E-state index < -0.39 is 0 Å². The van der Waals surface area contributed by atoms with Crippen molar-refractivity contribution in [3.63, 3.8) is 0 Å². The molecule has 4 nitrogen and oxygen atoms in total. The van der Waals surface area contributed by atoms with Crippen LogP contribution in [0.15, 0.2) is 34.4 Å². The Morgan fingerprint density at radius 3 is 2.74 bits per heavy atom. The molecule has 0 bridgehead atoms. The van der Waals surface area contributed by atoms with E-state index in [0.29, 0.717) is 0 Å². The van der Waals surface area contributed by atoms with E-state index in [0.717, 1.165) is 20.7 Å². The zero-order chi connectivity index (χ0) is 13.8. The third kappa shape index (κ3) is 3.76. The Bertz CT molecular complexity index is 544. The number of hydrogen-bond acceptors (Lipinski definition) is 5. The van der Waals surface area contributed by atoms with Crippen molar-refractivity contribution in [3.8, 4) is 5.75 Å². The van der Waals surface area contributed by atoms with Crippen LogP contribution in [0.3, 0.4) is 0 Å². The summed E-state index contributed by atoms with van der Waals surface area (Å²) in [5, 5.41) is 2.03. The molecule has 3 N–H and O–H groups in total. The van der Waals surface area contributed by atoms with Crippen molar-refractivity contribution in [2.24, 2.45) is 5.84 Å². The second-order valence-corrected chi connectivity index (χ2v) is 6.25. The van der Waals surface area contributed by atoms with Gasteiger partial charge in [-0.3, -0.25) is 10.8 Å². The molecule has 0 amide bonds. The lowest BCUT2D eigenvalue weighted by molar-refractivity contribution is 0.241. The SMILES string of the molecule is CC(C)Oc1cncc(C(NN)c2cc(Br)cs2)c1. The maximum absolute atomic E-state index is 5.67. The number of aromatic nitrogens is 1. The average molecular weight is 342 g/mol. The summed E-state index contributed by atoms with van der Waals surface area (Å²) in [6, 6.07) is 3.93. The van der Waals surface area contributed by atoms with Crippen molar-refractivity contribution in [2.75, 3.05) is 0 Å². The fraction of sp³-hybridized carbons (Fsp3) is 0.308. The van der Waals surface area contributed by atoms with Gasteiger partial charge in [0.2, 0.25) is 0 Å². The van der Waals surface area contributed by atoms with Crippen LogP contribution in [0, 0.1) is 0 Å². The van der Waals surface area contributed by atoms with Crippen molar-refractivity contribution >= 4 is 27.3 Å². The molecule has 0 fully saturated rings. The van der Waals surface area contributed by atoms with Crippen LogP contribution in [0.25, 0.3) is 0 Å². The largest absolute Gasteiger partial charge is 0.489 e. The highest BCUT2D eigenvalue weighted by Crippen LogP contribution is 2.30. The van der Waals surface area contributed by atoms with E-state index in [9.17, 15) is 0 Å². The Hall–Kier alpha value is -0.950. The fourth-order valence-corrected chi connectivity index (χ4v) is 3.28. The molecule has 0 saturated carbocycles. The number of thiophene rings is 1. The van der Waals surface area contributed by atoms with Crippen LogP contribution in [0.2, 0.25) is 0 Å². The summed E-state index contributed by atoms with van der Waals surface area (Å²) >= 11 is 5.09. The minimum Gasteiger partial charge on any atom is -0.489 e. The van der Waals surface area contributed by atoms with Crippen molar-refractivity contribution < 1.29 is 4.74 Å². The number of nitrogens with two attached hydrogens (primary N) is 1. The number of halogens is 1. The summed E-state index contributed by atoms with van der Waals surface area (Å²) in [6.07, 6.45) is 3.63. The van der Waals surface area contributed by atoms with Crippen LogP contribution < -0.4 is 16.0 Å². The lowest BCUT2D eigenvalue weighted by Gasteiger charge is -2.16. The monoisotopic (exact) mass is 341 g/mol. The van der Waals surface area contributed by atoms with Crippen LogP contribution >= 0.6 is 27.3 Å². The molecule has 19 heavy (non-hydrogen) atoms. The number of rotatable bonds is 5. The Labute approximate surface area is 125 Å². The van der Waals surface area contributed by atoms with Gasteiger partial charge in [-0.2, -0.15) is 0 Å². The summed E-state index contributed by atoms with van der Waals surface area (Å²) in [6.45, 7) is 3.98. The number of nitrogens with zero attached hydrogens (tertiary/aromatic N) is 1. The first-order chi connectivity index (χ1) is 9.10. The third-order valence-corrected chi connectivity index (χ3v) is 4.24. The topological polar surface area (TPSA) is 60.2 Å². The Morgan fingerprint density at radius 1 is 1.37 bits per heavy atom. The first-order valence-corrected chi connectivity index (χ1v) is 7.59. The fourth-order valence-electron chi connectivity index (χ4n) is 1.75. The lowest BCUT2D eigenvalue weighted by Crippen LogP contribution is -2.28. The first-order valence-electron chi connectivity index (χ1n) is 5.92. The minimum atomic E-state index is -0.0838. The Morgan fingerprint density at radius 2 is 2.16 bits per heavy atom. The van der Waals surface area contributed by atoms with Crippen LogP contribution in [-0.4, -0.2) is 11.1 Å². The number of nitrogens with one attached hydrogen (secondary N) is 1. The van der Waals surface area contributed by atoms with E-state index in [2.05, 4.69) is 26.3 Å². The number of ether oxygens (including phenoxy) is 1. The van der Waals surface area contributed by atoms with Gasteiger partial charge in [-0.25, -0.2) is 5.43 Å². The number of hydrazine groups is 1. The molecule has 0 aliphatic rings. The summed E-state index contributed by atoms with van der Waals surface area (Å²) in [4.78, 5) is 5.33. The highest BCUT2D eigenvalue weighted by Gasteiger charge is 2.15. The van der Waals surface area contributed by atoms with Gasteiger partial charge >= 0.3 is 0 Å². The van der Waals surface area contributed by atoms with Gasteiger partial charge in [0.1, 0.15) is 5.75 Å². The Kier molecular flexibility index (Phi) is 4.93. The third-order valence-electron chi connectivity index (χ3n) is 2.48. The molecular formula is C13H16BrN3OS. The maximum Gasteiger partial charge on any atom is 0.138 e. The van der Waals surface area contributed by atoms with E-state index in [-0.39, 0.29) is 12.1 Å². The van der Waals surface area contributed by atoms with Crippen molar-refractivity contribution in [2.45, 2.75) is 26.0 Å². The van der Waals surface area contributed by atoms with Gasteiger partial charge in [-0.15, -0.1) is 11.3 Å². The smallest absolute Gasteiger partial charge is 0.138 e. The predicted octanol–water partition coefficient (Wildman–Crippen LogP) is 3.25. The van der Waals surface area contributed by atoms with Gasteiger partial charge in [-0.05, 0) is 47.5 Å². The predicted molar refractivity (Wildman–Crippen MR) is 81.2 cm³/mol. The van der Waals surface area contributed by atoms with Crippen molar-refractivity contribution in [3.05, 3.63) is 44.8 Å². The average Bonchev–Trinajstić information content (AvgIpc) is 2.76. The van der Waals surface area contributed by atoms with Crippen LogP contribution in [0.1, 0.15) is 30.3 Å². The van der Waals surface area contributed by atoms with Gasteiger partial charge in [-0.1, -0.05) is 0 Å². The molecule has 0 spiro atoms. The van der Waals surface area contributed by atoms with Gasteiger partial charge < -0.3 is 4.74 Å². The lowest BCUT2D eigenvalue weighted by atomic mass is 10.1. The molecule has 0 radical (unpaired) electrons. The molecule has 2 heterocycles. The standard InChI is InChI=1S/C13H16BrN3OS/c1-8(2)18-11-3-9(5-16-6-11)13(17-15)12-4-10(14)7-19-12/h3-8,13,17H,15H2,1-2H3. The van der Waals surface area contributed by atoms with Crippen molar-refractivity contribution in [1.82, 2.24) is 10.4 Å². The molecule has 1 atom stereocenters. The second kappa shape index (κ2) is 6.47. The zero-order valence-corrected chi connectivity index (χ0v) is 13.2. The summed E-state index contributed by atoms with van der Waals surface area (Å²) < 4.78 is 6.70. The van der Waals surface area contributed by atoms with Gasteiger partial charge in [0.05, 0.1) is 18.3 Å². The van der Waals surface area contributed by atoms with Crippen LogP contribution in [-0.2, 0) is 0 Å². The molecule has 6 heteroatoms. The molecule has 0 aromatic carbocycles. The highest BCUT2D eigenvalue weighted by atomic mass is 79.9. The molecule has 0 aliphatic heterocycles. The molecule has 2 aromatic heterocycles. The quantitative estimate of drug-likeness (QED) is 0.647. The molecule has 0 aliphatic carbocycles. The maximum atomic E-state index is 5.67. The summed E-state index contributed by atoms with van der Waals surface area (Å²) in [5.74, 6) is 6.42. The minimum absolute atomic E-state index is 0.0838. The first kappa shape index (κ1) is 14.5. The van der Waals surface area contributed by atoms with Crippen molar-refractivity contribution in [1.29, 1.82) is 0 Å². The molecule has 102 valence electrons. The summed E-state index contributed by atoms with van der Waals surface area (Å²) in [7, 11) is 0. The second-order valence-electron chi connectivity index (χ2n) is 4.39. The zero-order valence-electron chi connectivity index (χ0n) is 10.8. The van der Waals surface area contributed by atoms with Crippen LogP contribution in [0.5, 0.6) is 5.75 Å². The molecule has 2 rings (SSSR count). The van der Waals surface area contributed by atoms with E-state index in [1.165, 1.54) is 0 Å². The van der Waals surface area contributed by atoms with Gasteiger partial charge in [0.25, 0.3) is 0 Å². The van der Waals surface area contributed by atoms with E-state index >= 15 is 0 Å². The molecular weight excluding hydrogens is 326 g/mol. The normalized spacial score (nSPS) is 12.7. The number of pyridine rings is 1. The molecule has 0 saturated heterocycles. The van der Waals surface area contributed by atoms with E-state index in [1.54, 1.807) is 23.7 Å². The molecule has 2 aromatic rings. The van der Waals surface area contributed by atoms with Crippen LogP contribution in [0.4, 0.5) is 0 Å². The van der Waals surface area contributed by atoms with Gasteiger partial charge in [0.15, 0.2) is 0 Å². The Balaban J connectivity index is 2.28. The van der Waals surface area contributed by atoms with E-state index in [4.69, 9.17) is 10.6 Å². The number of hydrogen-bond donors (Lipinski definition) is 2. The highest BCUT2D eigenvalue weighted by molar-refractivity contribution is 9.10. The molecule has 1 unspecified atom stereocenters. The summed E-state index contributed by atoms with van der Waals surface area (Å²) in [5.41, 5.74) is 3.80.